The highest BCUT2D eigenvalue weighted by atomic mass is 32.2. The van der Waals surface area contributed by atoms with Crippen LogP contribution in [0.1, 0.15) is 42.5 Å². The van der Waals surface area contributed by atoms with Crippen molar-refractivity contribution in [1.82, 2.24) is 5.32 Å². The van der Waals surface area contributed by atoms with Crippen LogP contribution < -0.4 is 10.2 Å². The van der Waals surface area contributed by atoms with Crippen LogP contribution >= 0.6 is 0 Å². The van der Waals surface area contributed by atoms with Crippen molar-refractivity contribution in [2.45, 2.75) is 36.9 Å². The van der Waals surface area contributed by atoms with Gasteiger partial charge in [-0.1, -0.05) is 12.1 Å². The molecule has 12 heteroatoms. The Balaban J connectivity index is 1.77. The first-order chi connectivity index (χ1) is 18.0. The van der Waals surface area contributed by atoms with Gasteiger partial charge in [0.05, 0.1) is 40.5 Å². The van der Waals surface area contributed by atoms with E-state index in [0.717, 1.165) is 29.5 Å². The topological polar surface area (TPSA) is 104 Å². The predicted octanol–water partition coefficient (Wildman–Crippen LogP) is 5.20. The number of alkyl halides is 3. The number of ether oxygens (including phenoxy) is 1. The first-order valence-corrected chi connectivity index (χ1v) is 13.3. The number of amides is 2. The van der Waals surface area contributed by atoms with Crippen molar-refractivity contribution in [2.75, 3.05) is 23.9 Å². The summed E-state index contributed by atoms with van der Waals surface area (Å²) in [6, 6.07) is 8.03. The van der Waals surface area contributed by atoms with Crippen LogP contribution in [0.2, 0.25) is 0 Å². The number of nitrogens with zero attached hydrogens (tertiary/aromatic N) is 3. The Morgan fingerprint density at radius 3 is 2.66 bits per heavy atom. The van der Waals surface area contributed by atoms with E-state index in [1.54, 1.807) is 0 Å². The molecule has 2 aliphatic heterocycles. The Labute approximate surface area is 218 Å². The average molecular weight is 545 g/mol. The lowest BCUT2D eigenvalue weighted by Crippen LogP contribution is -2.46. The average Bonchev–Trinajstić information content (AvgIpc) is 3.40. The molecule has 38 heavy (non-hydrogen) atoms. The minimum atomic E-state index is -4.64. The van der Waals surface area contributed by atoms with Crippen molar-refractivity contribution in [3.8, 4) is 6.07 Å². The van der Waals surface area contributed by atoms with Gasteiger partial charge in [-0.3, -0.25) is 4.90 Å². The van der Waals surface area contributed by atoms with Gasteiger partial charge in [0.2, 0.25) is 5.70 Å². The summed E-state index contributed by atoms with van der Waals surface area (Å²) in [5, 5.41) is 12.0. The summed E-state index contributed by atoms with van der Waals surface area (Å²) >= 11 is 0. The third kappa shape index (κ3) is 5.37. The van der Waals surface area contributed by atoms with E-state index in [9.17, 15) is 31.6 Å². The summed E-state index contributed by atoms with van der Waals surface area (Å²) in [5.41, 5.74) is -0.865. The Bertz CT molecular complexity index is 1480. The van der Waals surface area contributed by atoms with E-state index in [1.165, 1.54) is 31.2 Å². The molecule has 0 aliphatic carbocycles. The molecule has 0 aromatic heterocycles. The number of urea groups is 1. The van der Waals surface area contributed by atoms with Gasteiger partial charge in [-0.15, -0.1) is 0 Å². The predicted molar refractivity (Wildman–Crippen MR) is 131 cm³/mol. The zero-order valence-electron chi connectivity index (χ0n) is 20.2. The summed E-state index contributed by atoms with van der Waals surface area (Å²) in [7, 11) is -3.94. The fourth-order valence-corrected chi connectivity index (χ4v) is 6.30. The molecule has 1 N–H and O–H groups in total. The van der Waals surface area contributed by atoms with Crippen molar-refractivity contribution in [3.63, 3.8) is 0 Å². The lowest BCUT2D eigenvalue weighted by molar-refractivity contribution is -0.137. The molecular weight excluding hydrogens is 521 g/mol. The van der Waals surface area contributed by atoms with E-state index in [1.807, 2.05) is 6.07 Å². The van der Waals surface area contributed by atoms with Gasteiger partial charge < -0.3 is 10.1 Å². The van der Waals surface area contributed by atoms with Crippen LogP contribution in [-0.4, -0.2) is 33.4 Å². The molecule has 0 saturated carbocycles. The van der Waals surface area contributed by atoms with E-state index >= 15 is 0 Å². The van der Waals surface area contributed by atoms with Gasteiger partial charge in [0.15, 0.2) is 9.84 Å². The van der Waals surface area contributed by atoms with Crippen LogP contribution in [0.15, 0.2) is 58.8 Å². The molecule has 198 valence electrons. The third-order valence-corrected chi connectivity index (χ3v) is 8.41. The summed E-state index contributed by atoms with van der Waals surface area (Å²) < 4.78 is 72.0. The summed E-state index contributed by atoms with van der Waals surface area (Å²) in [6.45, 7) is 10.2. The van der Waals surface area contributed by atoms with Gasteiger partial charge in [-0.2, -0.15) is 18.4 Å². The molecular formula is C26H23F3N4O4S. The zero-order valence-corrected chi connectivity index (χ0v) is 21.1. The second-order valence-corrected chi connectivity index (χ2v) is 11.1. The number of rotatable bonds is 6. The van der Waals surface area contributed by atoms with Crippen molar-refractivity contribution >= 4 is 21.6 Å². The van der Waals surface area contributed by atoms with Crippen LogP contribution in [0.3, 0.4) is 0 Å². The van der Waals surface area contributed by atoms with Crippen molar-refractivity contribution in [3.05, 3.63) is 82.0 Å². The number of benzene rings is 2. The SMILES string of the molecule is [C-]#[N+]C1=C(C)N(c2cccc(C(F)(F)F)c2)C(=O)N[C@@H]1c1ccc(C#N)cc1S(=O)(=O)CCC1CCOC1. The van der Waals surface area contributed by atoms with Crippen LogP contribution in [0.5, 0.6) is 0 Å². The number of carbonyl (C=O) groups excluding carboxylic acids is 1. The van der Waals surface area contributed by atoms with Gasteiger partial charge in [0.25, 0.3) is 0 Å². The third-order valence-electron chi connectivity index (χ3n) is 6.61. The quantitative estimate of drug-likeness (QED) is 0.504. The maximum atomic E-state index is 13.4. The van der Waals surface area contributed by atoms with Crippen molar-refractivity contribution < 1.29 is 31.1 Å². The number of hydrogen-bond donors (Lipinski definition) is 1. The molecule has 4 rings (SSSR count). The molecule has 1 fully saturated rings. The monoisotopic (exact) mass is 544 g/mol. The molecule has 2 aromatic carbocycles. The number of halogens is 3. The van der Waals surface area contributed by atoms with Gasteiger partial charge in [0, 0.05) is 24.6 Å². The van der Waals surface area contributed by atoms with E-state index in [2.05, 4.69) is 10.2 Å². The fraction of sp³-hybridized carbons (Fsp3) is 0.346. The summed E-state index contributed by atoms with van der Waals surface area (Å²) in [6.07, 6.45) is -3.54. The highest BCUT2D eigenvalue weighted by molar-refractivity contribution is 7.91. The molecule has 2 heterocycles. The Kier molecular flexibility index (Phi) is 7.49. The smallest absolute Gasteiger partial charge is 0.381 e. The number of hydrogen-bond acceptors (Lipinski definition) is 5. The second-order valence-electron chi connectivity index (χ2n) is 9.05. The van der Waals surface area contributed by atoms with E-state index in [4.69, 9.17) is 11.3 Å². The Hall–Kier alpha value is -3.87. The number of sulfone groups is 1. The van der Waals surface area contributed by atoms with Gasteiger partial charge in [-0.05, 0) is 61.6 Å². The lowest BCUT2D eigenvalue weighted by Gasteiger charge is -2.35. The van der Waals surface area contributed by atoms with Crippen LogP contribution in [0.4, 0.5) is 23.7 Å². The molecule has 2 amide bonds. The van der Waals surface area contributed by atoms with E-state index in [-0.39, 0.29) is 44.8 Å². The summed E-state index contributed by atoms with van der Waals surface area (Å²) in [4.78, 5) is 17.5. The first-order valence-electron chi connectivity index (χ1n) is 11.7. The van der Waals surface area contributed by atoms with Gasteiger partial charge in [-0.25, -0.2) is 18.1 Å². The molecule has 1 unspecified atom stereocenters. The minimum Gasteiger partial charge on any atom is -0.381 e. The zero-order chi connectivity index (χ0) is 27.7. The maximum absolute atomic E-state index is 13.4. The van der Waals surface area contributed by atoms with Crippen molar-refractivity contribution in [2.24, 2.45) is 5.92 Å². The molecule has 2 aromatic rings. The molecule has 2 aliphatic rings. The lowest BCUT2D eigenvalue weighted by atomic mass is 9.99. The van der Waals surface area contributed by atoms with E-state index in [0.29, 0.717) is 19.6 Å². The summed E-state index contributed by atoms with van der Waals surface area (Å²) in [5.74, 6) is -0.126. The Morgan fingerprint density at radius 1 is 1.26 bits per heavy atom. The second kappa shape index (κ2) is 10.5. The molecule has 0 radical (unpaired) electrons. The van der Waals surface area contributed by atoms with E-state index < -0.39 is 33.6 Å². The molecule has 8 nitrogen and oxygen atoms in total. The molecule has 1 saturated heterocycles. The molecule has 0 spiro atoms. The largest absolute Gasteiger partial charge is 0.416 e. The van der Waals surface area contributed by atoms with Crippen LogP contribution in [0.25, 0.3) is 4.85 Å². The maximum Gasteiger partial charge on any atom is 0.416 e. The fourth-order valence-electron chi connectivity index (χ4n) is 4.59. The highest BCUT2D eigenvalue weighted by Crippen LogP contribution is 2.39. The number of allylic oxidation sites excluding steroid dienone is 1. The molecule has 2 atom stereocenters. The number of carbonyl (C=O) groups is 1. The molecule has 0 bridgehead atoms. The van der Waals surface area contributed by atoms with Gasteiger partial charge in [0.1, 0.15) is 0 Å². The Morgan fingerprint density at radius 2 is 2.03 bits per heavy atom. The van der Waals surface area contributed by atoms with Gasteiger partial charge >= 0.3 is 12.2 Å². The van der Waals surface area contributed by atoms with Crippen molar-refractivity contribution in [1.29, 1.82) is 5.26 Å². The normalized spacial score (nSPS) is 20.2. The highest BCUT2D eigenvalue weighted by Gasteiger charge is 2.38. The van der Waals surface area contributed by atoms with Crippen LogP contribution in [-0.2, 0) is 20.8 Å². The van der Waals surface area contributed by atoms with Crippen LogP contribution in [0, 0.1) is 23.8 Å². The number of nitriles is 1. The number of anilines is 1. The number of nitrogens with one attached hydrogen (secondary N) is 1. The standard InChI is InChI=1S/C26H23F3N4O4S/c1-16-23(31-2)24(32-25(34)33(16)20-5-3-4-19(13-20)26(27,28)29)21-7-6-18(14-30)12-22(21)38(35,36)11-9-17-8-10-37-15-17/h3-7,12-13,17,24H,8-11,15H2,1H3,(H,32,34)/t17?,24-/m1/s1. The first kappa shape index (κ1) is 27.2. The minimum absolute atomic E-state index is 0.0592.